The van der Waals surface area contributed by atoms with Gasteiger partial charge in [0.1, 0.15) is 28.5 Å². The van der Waals surface area contributed by atoms with E-state index in [0.717, 1.165) is 31.5 Å². The highest BCUT2D eigenvalue weighted by atomic mass is 35.5. The van der Waals surface area contributed by atoms with Crippen LogP contribution in [0.3, 0.4) is 0 Å². The molecule has 1 N–H and O–H groups in total. The van der Waals surface area contributed by atoms with Gasteiger partial charge in [0.05, 0.1) is 6.61 Å². The van der Waals surface area contributed by atoms with Crippen molar-refractivity contribution in [3.63, 3.8) is 0 Å². The number of nitrogens with zero attached hydrogens (tertiary/aromatic N) is 4. The lowest BCUT2D eigenvalue weighted by Gasteiger charge is -2.14. The van der Waals surface area contributed by atoms with E-state index >= 15 is 0 Å². The molecule has 4 rings (SSSR count). The average molecular weight is 473 g/mol. The normalized spacial score (nSPS) is 16.3. The molecule has 0 spiro atoms. The Hall–Kier alpha value is -1.51. The van der Waals surface area contributed by atoms with Gasteiger partial charge in [-0.1, -0.05) is 23.2 Å². The van der Waals surface area contributed by atoms with Crippen molar-refractivity contribution in [3.05, 3.63) is 52.8 Å². The molecule has 2 fully saturated rings. The molecule has 31 heavy (non-hydrogen) atoms. The molecule has 4 heterocycles. The monoisotopic (exact) mass is 472 g/mol. The Morgan fingerprint density at radius 1 is 0.871 bits per heavy atom. The molecule has 0 saturated carbocycles. The van der Waals surface area contributed by atoms with Crippen LogP contribution in [0.5, 0.6) is 5.75 Å². The van der Waals surface area contributed by atoms with Crippen LogP contribution in [0.2, 0.25) is 10.3 Å². The van der Waals surface area contributed by atoms with E-state index in [-0.39, 0.29) is 11.0 Å². The van der Waals surface area contributed by atoms with Crippen molar-refractivity contribution < 1.29 is 14.2 Å². The quantitative estimate of drug-likeness (QED) is 0.636. The van der Waals surface area contributed by atoms with E-state index < -0.39 is 0 Å². The van der Waals surface area contributed by atoms with E-state index in [2.05, 4.69) is 19.8 Å². The Morgan fingerprint density at radius 3 is 1.90 bits per heavy atom. The molecule has 0 radical (unpaired) electrons. The molecule has 0 aromatic carbocycles. The van der Waals surface area contributed by atoms with Crippen molar-refractivity contribution in [1.29, 1.82) is 0 Å². The fourth-order valence-electron chi connectivity index (χ4n) is 3.30. The van der Waals surface area contributed by atoms with Crippen molar-refractivity contribution in [3.8, 4) is 5.75 Å². The number of likely N-dealkylation sites (tertiary alicyclic amines) is 2. The molecular weight excluding hydrogens is 442 g/mol. The SMILES string of the molecule is Clc1cc(OCCN2CCCC2)ccn1.Fc1ccnc(Cl)c1.OCCN1CCCC1. The number of aliphatic hydroxyl groups excluding tert-OH is 1. The Balaban J connectivity index is 0.000000181. The first-order valence-electron chi connectivity index (χ1n) is 10.6. The Labute approximate surface area is 194 Å². The summed E-state index contributed by atoms with van der Waals surface area (Å²) in [7, 11) is 0. The lowest BCUT2D eigenvalue weighted by Crippen LogP contribution is -2.25. The van der Waals surface area contributed by atoms with Gasteiger partial charge in [0.15, 0.2) is 0 Å². The first-order valence-corrected chi connectivity index (χ1v) is 11.4. The number of hydrogen-bond donors (Lipinski definition) is 1. The third-order valence-corrected chi connectivity index (χ3v) is 5.29. The molecule has 0 aliphatic carbocycles. The number of halogens is 3. The molecule has 6 nitrogen and oxygen atoms in total. The fraction of sp³-hybridized carbons (Fsp3) is 0.545. The Kier molecular flexibility index (Phi) is 12.7. The van der Waals surface area contributed by atoms with Gasteiger partial charge in [0, 0.05) is 37.6 Å². The molecule has 172 valence electrons. The van der Waals surface area contributed by atoms with Crippen LogP contribution in [0.4, 0.5) is 4.39 Å². The van der Waals surface area contributed by atoms with Crippen LogP contribution in [0.1, 0.15) is 25.7 Å². The van der Waals surface area contributed by atoms with Gasteiger partial charge in [0.25, 0.3) is 0 Å². The number of aliphatic hydroxyl groups is 1. The molecule has 0 bridgehead atoms. The van der Waals surface area contributed by atoms with E-state index in [4.69, 9.17) is 33.0 Å². The average Bonchev–Trinajstić information content (AvgIpc) is 3.44. The maximum absolute atomic E-state index is 12.0. The Morgan fingerprint density at radius 2 is 1.42 bits per heavy atom. The summed E-state index contributed by atoms with van der Waals surface area (Å²) in [6.07, 6.45) is 8.26. The minimum absolute atomic E-state index is 0.185. The summed E-state index contributed by atoms with van der Waals surface area (Å²) < 4.78 is 17.6. The van der Waals surface area contributed by atoms with Gasteiger partial charge in [-0.05, 0) is 64.0 Å². The topological polar surface area (TPSA) is 61.7 Å². The number of rotatable bonds is 6. The van der Waals surface area contributed by atoms with Crippen LogP contribution in [0, 0.1) is 5.82 Å². The third-order valence-electron chi connectivity index (χ3n) is 4.88. The summed E-state index contributed by atoms with van der Waals surface area (Å²) in [5, 5.41) is 9.15. The van der Waals surface area contributed by atoms with Gasteiger partial charge in [-0.15, -0.1) is 0 Å². The van der Waals surface area contributed by atoms with E-state index in [1.807, 2.05) is 6.07 Å². The van der Waals surface area contributed by atoms with E-state index in [9.17, 15) is 4.39 Å². The van der Waals surface area contributed by atoms with Crippen LogP contribution in [0.25, 0.3) is 0 Å². The molecule has 2 aliphatic heterocycles. The number of β-amino-alcohol motifs (C(OH)–C–C–N with tert-alkyl or cyclic N) is 1. The van der Waals surface area contributed by atoms with Gasteiger partial charge >= 0.3 is 0 Å². The second-order valence-corrected chi connectivity index (χ2v) is 8.06. The summed E-state index contributed by atoms with van der Waals surface area (Å²) in [5.74, 6) is 0.444. The highest BCUT2D eigenvalue weighted by Crippen LogP contribution is 2.14. The standard InChI is InChI=1S/C11H15ClN2O.C6H13NO.C5H3ClFN/c12-11-9-10(3-4-13-11)15-8-7-14-5-1-2-6-14;8-6-5-7-3-1-2-4-7;6-5-3-4(7)1-2-8-5/h3-4,9H,1-2,5-8H2;8H,1-6H2;1-3H. The van der Waals surface area contributed by atoms with Crippen molar-refractivity contribution >= 4 is 23.2 Å². The maximum Gasteiger partial charge on any atom is 0.132 e. The summed E-state index contributed by atoms with van der Waals surface area (Å²) in [6.45, 7) is 7.72. The van der Waals surface area contributed by atoms with Gasteiger partial charge in [0.2, 0.25) is 0 Å². The first kappa shape index (κ1) is 25.7. The maximum atomic E-state index is 12.0. The van der Waals surface area contributed by atoms with Crippen molar-refractivity contribution in [2.24, 2.45) is 0 Å². The first-order chi connectivity index (χ1) is 15.1. The largest absolute Gasteiger partial charge is 0.492 e. The molecule has 2 saturated heterocycles. The molecule has 2 aliphatic rings. The van der Waals surface area contributed by atoms with Crippen LogP contribution >= 0.6 is 23.2 Å². The molecule has 0 atom stereocenters. The van der Waals surface area contributed by atoms with Gasteiger partial charge in [-0.3, -0.25) is 4.90 Å². The van der Waals surface area contributed by atoms with Crippen molar-refractivity contribution in [1.82, 2.24) is 19.8 Å². The zero-order valence-corrected chi connectivity index (χ0v) is 19.2. The van der Waals surface area contributed by atoms with Gasteiger partial charge in [-0.2, -0.15) is 0 Å². The van der Waals surface area contributed by atoms with Crippen molar-refractivity contribution in [2.75, 3.05) is 52.5 Å². The van der Waals surface area contributed by atoms with E-state index in [1.54, 1.807) is 12.3 Å². The summed E-state index contributed by atoms with van der Waals surface area (Å²) >= 11 is 11.0. The number of aromatic nitrogens is 2. The zero-order chi connectivity index (χ0) is 22.3. The summed E-state index contributed by atoms with van der Waals surface area (Å²) in [4.78, 5) is 12.2. The van der Waals surface area contributed by atoms with Crippen LogP contribution in [0.15, 0.2) is 36.7 Å². The minimum Gasteiger partial charge on any atom is -0.492 e. The van der Waals surface area contributed by atoms with E-state index in [1.165, 1.54) is 64.1 Å². The summed E-state index contributed by atoms with van der Waals surface area (Å²) in [5.41, 5.74) is 0. The fourth-order valence-corrected chi connectivity index (χ4v) is 3.62. The molecule has 0 amide bonds. The lowest BCUT2D eigenvalue weighted by atomic mass is 10.4. The highest BCUT2D eigenvalue weighted by molar-refractivity contribution is 6.29. The zero-order valence-electron chi connectivity index (χ0n) is 17.7. The molecule has 9 heteroatoms. The van der Waals surface area contributed by atoms with Gasteiger partial charge in [-0.25, -0.2) is 14.4 Å². The molecule has 2 aromatic heterocycles. The number of ether oxygens (including phenoxy) is 1. The smallest absolute Gasteiger partial charge is 0.132 e. The van der Waals surface area contributed by atoms with Crippen LogP contribution in [-0.4, -0.2) is 77.4 Å². The van der Waals surface area contributed by atoms with Gasteiger partial charge < -0.3 is 14.7 Å². The van der Waals surface area contributed by atoms with E-state index in [0.29, 0.717) is 11.8 Å². The van der Waals surface area contributed by atoms with Crippen LogP contribution in [-0.2, 0) is 0 Å². The Bertz CT molecular complexity index is 728. The van der Waals surface area contributed by atoms with Crippen molar-refractivity contribution in [2.45, 2.75) is 25.7 Å². The third kappa shape index (κ3) is 11.6. The lowest BCUT2D eigenvalue weighted by molar-refractivity contribution is 0.221. The second kappa shape index (κ2) is 15.3. The predicted molar refractivity (Wildman–Crippen MR) is 122 cm³/mol. The predicted octanol–water partition coefficient (Wildman–Crippen LogP) is 4.16. The highest BCUT2D eigenvalue weighted by Gasteiger charge is 2.10. The second-order valence-electron chi connectivity index (χ2n) is 7.28. The summed E-state index contributed by atoms with van der Waals surface area (Å²) in [6, 6.07) is 5.97. The number of hydrogen-bond acceptors (Lipinski definition) is 6. The molecular formula is C22H31Cl2FN4O2. The number of pyridine rings is 2. The molecule has 2 aromatic rings. The minimum atomic E-state index is -0.356. The van der Waals surface area contributed by atoms with Crippen LogP contribution < -0.4 is 4.74 Å². The molecule has 0 unspecified atom stereocenters.